The Balaban J connectivity index is 2.24. The molecule has 0 radical (unpaired) electrons. The minimum atomic E-state index is 0.661. The molecule has 9 heavy (non-hydrogen) atoms. The van der Waals surface area contributed by atoms with Crippen LogP contribution in [0.2, 0.25) is 0 Å². The van der Waals surface area contributed by atoms with Gasteiger partial charge in [0.2, 0.25) is 0 Å². The van der Waals surface area contributed by atoms with Gasteiger partial charge in [0.05, 0.1) is 0 Å². The first-order chi connectivity index (χ1) is 4.12. The molecule has 1 fully saturated rings. The zero-order valence-electron chi connectivity index (χ0n) is 6.48. The molecule has 0 amide bonds. The van der Waals surface area contributed by atoms with Gasteiger partial charge in [-0.3, -0.25) is 0 Å². The van der Waals surface area contributed by atoms with Crippen molar-refractivity contribution < 1.29 is 0 Å². The highest BCUT2D eigenvalue weighted by atomic mass is 31.0. The van der Waals surface area contributed by atoms with Gasteiger partial charge in [-0.25, -0.2) is 0 Å². The van der Waals surface area contributed by atoms with Crippen LogP contribution in [0.3, 0.4) is 0 Å². The van der Waals surface area contributed by atoms with E-state index in [0.29, 0.717) is 5.16 Å². The summed E-state index contributed by atoms with van der Waals surface area (Å²) in [7, 11) is 3.02. The average molecular weight is 144 g/mol. The highest BCUT2D eigenvalue weighted by Gasteiger charge is 2.32. The van der Waals surface area contributed by atoms with Crippen molar-refractivity contribution in [2.75, 3.05) is 0 Å². The van der Waals surface area contributed by atoms with Crippen molar-refractivity contribution in [3.8, 4) is 0 Å². The lowest BCUT2D eigenvalue weighted by atomic mass is 9.78. The van der Waals surface area contributed by atoms with E-state index in [1.54, 1.807) is 0 Å². The zero-order valence-corrected chi connectivity index (χ0v) is 7.64. The fraction of sp³-hybridized carbons (Fsp3) is 1.00. The minimum absolute atomic E-state index is 0.661. The van der Waals surface area contributed by atoms with Crippen LogP contribution in [0.25, 0.3) is 0 Å². The standard InChI is InChI=1S/C8H17P/c1-7(2)6-8(9)4-3-5-8/h7H,3-6,9H2,1-2H3. The highest BCUT2D eigenvalue weighted by Crippen LogP contribution is 2.44. The largest absolute Gasteiger partial charge is 0.131 e. The second kappa shape index (κ2) is 2.58. The molecule has 1 atom stereocenters. The van der Waals surface area contributed by atoms with Crippen LogP contribution in [-0.4, -0.2) is 5.16 Å². The van der Waals surface area contributed by atoms with E-state index in [9.17, 15) is 0 Å². The van der Waals surface area contributed by atoms with Gasteiger partial charge in [-0.15, -0.1) is 9.24 Å². The maximum atomic E-state index is 3.02. The fourth-order valence-corrected chi connectivity index (χ4v) is 2.53. The molecule has 0 bridgehead atoms. The van der Waals surface area contributed by atoms with Crippen LogP contribution in [0.15, 0.2) is 0 Å². The second-order valence-corrected chi connectivity index (χ2v) is 5.04. The summed E-state index contributed by atoms with van der Waals surface area (Å²) in [6.45, 7) is 4.62. The molecule has 0 heterocycles. The van der Waals surface area contributed by atoms with Crippen LogP contribution in [0.1, 0.15) is 39.5 Å². The molecule has 0 saturated heterocycles. The van der Waals surface area contributed by atoms with Crippen molar-refractivity contribution >= 4 is 9.24 Å². The molecule has 0 aromatic heterocycles. The van der Waals surface area contributed by atoms with E-state index in [1.165, 1.54) is 25.7 Å². The molecule has 1 aliphatic rings. The van der Waals surface area contributed by atoms with Crippen molar-refractivity contribution in [2.24, 2.45) is 5.92 Å². The van der Waals surface area contributed by atoms with Crippen molar-refractivity contribution in [1.29, 1.82) is 0 Å². The molecule has 1 aliphatic carbocycles. The summed E-state index contributed by atoms with van der Waals surface area (Å²) in [5, 5.41) is 0.661. The summed E-state index contributed by atoms with van der Waals surface area (Å²) in [5.74, 6) is 0.878. The summed E-state index contributed by atoms with van der Waals surface area (Å²) in [4.78, 5) is 0. The molecule has 54 valence electrons. The van der Waals surface area contributed by atoms with E-state index in [4.69, 9.17) is 0 Å². The first-order valence-electron chi connectivity index (χ1n) is 3.91. The van der Waals surface area contributed by atoms with Crippen LogP contribution in [-0.2, 0) is 0 Å². The van der Waals surface area contributed by atoms with E-state index in [0.717, 1.165) is 5.92 Å². The summed E-state index contributed by atoms with van der Waals surface area (Å²) in [6, 6.07) is 0. The normalized spacial score (nSPS) is 24.0. The Bertz CT molecular complexity index is 92.7. The Labute approximate surface area is 60.6 Å². The van der Waals surface area contributed by atoms with Crippen LogP contribution in [0.4, 0.5) is 0 Å². The predicted molar refractivity (Wildman–Crippen MR) is 45.7 cm³/mol. The Morgan fingerprint density at radius 3 is 2.11 bits per heavy atom. The summed E-state index contributed by atoms with van der Waals surface area (Å²) in [5.41, 5.74) is 0. The quantitative estimate of drug-likeness (QED) is 0.523. The topological polar surface area (TPSA) is 0 Å². The molecule has 0 spiro atoms. The van der Waals surface area contributed by atoms with E-state index < -0.39 is 0 Å². The molecule has 1 saturated carbocycles. The van der Waals surface area contributed by atoms with E-state index in [-0.39, 0.29) is 0 Å². The van der Waals surface area contributed by atoms with Crippen LogP contribution < -0.4 is 0 Å². The monoisotopic (exact) mass is 144 g/mol. The molecule has 0 N–H and O–H groups in total. The number of hydrogen-bond donors (Lipinski definition) is 0. The molecule has 0 nitrogen and oxygen atoms in total. The van der Waals surface area contributed by atoms with Gasteiger partial charge in [-0.05, 0) is 30.3 Å². The summed E-state index contributed by atoms with van der Waals surface area (Å²) in [6.07, 6.45) is 5.74. The maximum absolute atomic E-state index is 3.02. The molecule has 1 rings (SSSR count). The predicted octanol–water partition coefficient (Wildman–Crippen LogP) is 2.83. The van der Waals surface area contributed by atoms with Gasteiger partial charge in [0.15, 0.2) is 0 Å². The van der Waals surface area contributed by atoms with Crippen molar-refractivity contribution in [3.63, 3.8) is 0 Å². The SMILES string of the molecule is CC(C)CC1(P)CCC1. The van der Waals surface area contributed by atoms with Gasteiger partial charge < -0.3 is 0 Å². The smallest absolute Gasteiger partial charge is 0.0148 e. The minimum Gasteiger partial charge on any atom is -0.131 e. The first-order valence-corrected chi connectivity index (χ1v) is 4.49. The molecule has 0 aromatic carbocycles. The molecular formula is C8H17P. The summed E-state index contributed by atoms with van der Waals surface area (Å²) >= 11 is 0. The number of hydrogen-bond acceptors (Lipinski definition) is 0. The third kappa shape index (κ3) is 1.93. The third-order valence-electron chi connectivity index (χ3n) is 2.16. The van der Waals surface area contributed by atoms with Gasteiger partial charge in [0, 0.05) is 0 Å². The molecule has 0 aromatic rings. The second-order valence-electron chi connectivity index (χ2n) is 3.81. The first kappa shape index (κ1) is 7.54. The van der Waals surface area contributed by atoms with E-state index in [2.05, 4.69) is 23.1 Å². The molecule has 1 heteroatoms. The lowest BCUT2D eigenvalue weighted by Crippen LogP contribution is -2.30. The van der Waals surface area contributed by atoms with Gasteiger partial charge in [0.25, 0.3) is 0 Å². The van der Waals surface area contributed by atoms with E-state index in [1.807, 2.05) is 0 Å². The third-order valence-corrected chi connectivity index (χ3v) is 2.98. The van der Waals surface area contributed by atoms with Crippen LogP contribution >= 0.6 is 9.24 Å². The Kier molecular flexibility index (Phi) is 2.16. The van der Waals surface area contributed by atoms with Gasteiger partial charge in [-0.1, -0.05) is 20.3 Å². The fourth-order valence-electron chi connectivity index (χ4n) is 1.65. The average Bonchev–Trinajstić information content (AvgIpc) is 1.60. The van der Waals surface area contributed by atoms with Crippen LogP contribution in [0, 0.1) is 5.92 Å². The van der Waals surface area contributed by atoms with E-state index >= 15 is 0 Å². The number of rotatable bonds is 2. The molecule has 1 unspecified atom stereocenters. The maximum Gasteiger partial charge on any atom is -0.0148 e. The Morgan fingerprint density at radius 1 is 1.44 bits per heavy atom. The molecule has 0 aliphatic heterocycles. The van der Waals surface area contributed by atoms with Crippen molar-refractivity contribution in [2.45, 2.75) is 44.7 Å². The van der Waals surface area contributed by atoms with Crippen molar-refractivity contribution in [1.82, 2.24) is 0 Å². The summed E-state index contributed by atoms with van der Waals surface area (Å²) < 4.78 is 0. The van der Waals surface area contributed by atoms with Gasteiger partial charge in [0.1, 0.15) is 0 Å². The Hall–Kier alpha value is 0.430. The van der Waals surface area contributed by atoms with Crippen molar-refractivity contribution in [3.05, 3.63) is 0 Å². The molecular weight excluding hydrogens is 127 g/mol. The zero-order chi connectivity index (χ0) is 6.91. The lowest BCUT2D eigenvalue weighted by Gasteiger charge is -2.39. The lowest BCUT2D eigenvalue weighted by molar-refractivity contribution is 0.305. The Morgan fingerprint density at radius 2 is 2.00 bits per heavy atom. The highest BCUT2D eigenvalue weighted by molar-refractivity contribution is 7.19. The van der Waals surface area contributed by atoms with Crippen LogP contribution in [0.5, 0.6) is 0 Å². The van der Waals surface area contributed by atoms with Gasteiger partial charge in [-0.2, -0.15) is 0 Å². The van der Waals surface area contributed by atoms with Gasteiger partial charge >= 0.3 is 0 Å².